The SMILES string of the molecule is CCCCCCCCC(C)(O)c1ccc(I)cc1. The van der Waals surface area contributed by atoms with Gasteiger partial charge in [0, 0.05) is 3.57 Å². The highest BCUT2D eigenvalue weighted by Crippen LogP contribution is 2.27. The van der Waals surface area contributed by atoms with E-state index in [0.717, 1.165) is 18.4 Å². The van der Waals surface area contributed by atoms with Crippen molar-refractivity contribution in [3.8, 4) is 0 Å². The van der Waals surface area contributed by atoms with E-state index in [1.165, 1.54) is 35.7 Å². The topological polar surface area (TPSA) is 20.2 Å². The number of halogens is 1. The molecule has 1 N–H and O–H groups in total. The molecule has 0 saturated carbocycles. The summed E-state index contributed by atoms with van der Waals surface area (Å²) in [5.74, 6) is 0. The summed E-state index contributed by atoms with van der Waals surface area (Å²) in [6.07, 6.45) is 8.48. The van der Waals surface area contributed by atoms with Crippen LogP contribution >= 0.6 is 22.6 Å². The molecule has 0 radical (unpaired) electrons. The van der Waals surface area contributed by atoms with Crippen molar-refractivity contribution in [2.45, 2.75) is 64.4 Å². The van der Waals surface area contributed by atoms with Crippen molar-refractivity contribution in [1.29, 1.82) is 0 Å². The lowest BCUT2D eigenvalue weighted by atomic mass is 9.90. The van der Waals surface area contributed by atoms with Gasteiger partial charge < -0.3 is 5.11 Å². The molecular weight excluding hydrogens is 335 g/mol. The van der Waals surface area contributed by atoms with Crippen LogP contribution in [0, 0.1) is 3.57 Å². The highest BCUT2D eigenvalue weighted by molar-refractivity contribution is 14.1. The molecule has 0 amide bonds. The van der Waals surface area contributed by atoms with Gasteiger partial charge in [-0.15, -0.1) is 0 Å². The monoisotopic (exact) mass is 360 g/mol. The van der Waals surface area contributed by atoms with Gasteiger partial charge in [0.2, 0.25) is 0 Å². The third-order valence-corrected chi connectivity index (χ3v) is 4.20. The van der Waals surface area contributed by atoms with Gasteiger partial charge in [-0.2, -0.15) is 0 Å². The molecule has 102 valence electrons. The fraction of sp³-hybridized carbons (Fsp3) is 0.625. The lowest BCUT2D eigenvalue weighted by molar-refractivity contribution is 0.0448. The minimum Gasteiger partial charge on any atom is -0.385 e. The molecule has 0 aliphatic heterocycles. The van der Waals surface area contributed by atoms with E-state index < -0.39 is 5.60 Å². The Morgan fingerprint density at radius 1 is 1.00 bits per heavy atom. The van der Waals surface area contributed by atoms with Crippen molar-refractivity contribution in [2.75, 3.05) is 0 Å². The van der Waals surface area contributed by atoms with Crippen LogP contribution < -0.4 is 0 Å². The third-order valence-electron chi connectivity index (χ3n) is 3.48. The van der Waals surface area contributed by atoms with Gasteiger partial charge in [-0.05, 0) is 53.6 Å². The van der Waals surface area contributed by atoms with Crippen LogP contribution in [0.25, 0.3) is 0 Å². The summed E-state index contributed by atoms with van der Waals surface area (Å²) in [7, 11) is 0. The van der Waals surface area contributed by atoms with E-state index in [1.807, 2.05) is 19.1 Å². The van der Waals surface area contributed by atoms with Crippen molar-refractivity contribution in [3.05, 3.63) is 33.4 Å². The lowest BCUT2D eigenvalue weighted by Gasteiger charge is -2.24. The van der Waals surface area contributed by atoms with Crippen LogP contribution in [0.5, 0.6) is 0 Å². The van der Waals surface area contributed by atoms with E-state index in [-0.39, 0.29) is 0 Å². The molecule has 0 saturated heterocycles. The Labute approximate surface area is 125 Å². The molecule has 18 heavy (non-hydrogen) atoms. The highest BCUT2D eigenvalue weighted by Gasteiger charge is 2.21. The standard InChI is InChI=1S/C16H25IO/c1-3-4-5-6-7-8-13-16(2,18)14-9-11-15(17)12-10-14/h9-12,18H,3-8,13H2,1-2H3. The molecular formula is C16H25IO. The van der Waals surface area contributed by atoms with Crippen molar-refractivity contribution < 1.29 is 5.11 Å². The average molecular weight is 360 g/mol. The van der Waals surface area contributed by atoms with Crippen molar-refractivity contribution in [1.82, 2.24) is 0 Å². The summed E-state index contributed by atoms with van der Waals surface area (Å²) in [5.41, 5.74) is 0.367. The van der Waals surface area contributed by atoms with Gasteiger partial charge in [-0.25, -0.2) is 0 Å². The van der Waals surface area contributed by atoms with Gasteiger partial charge in [0.15, 0.2) is 0 Å². The number of hydrogen-bond acceptors (Lipinski definition) is 1. The van der Waals surface area contributed by atoms with Crippen LogP contribution in [0.2, 0.25) is 0 Å². The van der Waals surface area contributed by atoms with E-state index in [9.17, 15) is 5.11 Å². The fourth-order valence-corrected chi connectivity index (χ4v) is 2.56. The number of aliphatic hydroxyl groups is 1. The number of rotatable bonds is 8. The Kier molecular flexibility index (Phi) is 7.23. The fourth-order valence-electron chi connectivity index (χ4n) is 2.20. The second kappa shape index (κ2) is 8.16. The van der Waals surface area contributed by atoms with Crippen LogP contribution in [0.1, 0.15) is 64.4 Å². The normalized spacial score (nSPS) is 14.4. The molecule has 1 aromatic carbocycles. The number of benzene rings is 1. The first-order valence-electron chi connectivity index (χ1n) is 7.04. The Morgan fingerprint density at radius 2 is 1.56 bits per heavy atom. The van der Waals surface area contributed by atoms with Gasteiger partial charge in [0.25, 0.3) is 0 Å². The molecule has 1 unspecified atom stereocenters. The van der Waals surface area contributed by atoms with Gasteiger partial charge >= 0.3 is 0 Å². The van der Waals surface area contributed by atoms with Crippen molar-refractivity contribution in [2.24, 2.45) is 0 Å². The molecule has 0 heterocycles. The van der Waals surface area contributed by atoms with E-state index in [1.54, 1.807) is 0 Å². The van der Waals surface area contributed by atoms with Gasteiger partial charge in [-0.3, -0.25) is 0 Å². The zero-order chi connectivity index (χ0) is 13.4. The summed E-state index contributed by atoms with van der Waals surface area (Å²) in [5, 5.41) is 10.5. The predicted octanol–water partition coefficient (Wildman–Crippen LogP) is 5.25. The minimum atomic E-state index is -0.672. The van der Waals surface area contributed by atoms with Crippen LogP contribution in [-0.2, 0) is 5.60 Å². The first kappa shape index (κ1) is 16.0. The maximum Gasteiger partial charge on any atom is 0.0868 e. The number of unbranched alkanes of at least 4 members (excludes halogenated alkanes) is 5. The Balaban J connectivity index is 2.33. The Morgan fingerprint density at radius 3 is 2.17 bits per heavy atom. The predicted molar refractivity (Wildman–Crippen MR) is 86.7 cm³/mol. The molecule has 1 atom stereocenters. The van der Waals surface area contributed by atoms with E-state index in [2.05, 4.69) is 41.6 Å². The number of hydrogen-bond donors (Lipinski definition) is 1. The first-order chi connectivity index (χ1) is 8.56. The molecule has 0 aliphatic rings. The molecule has 1 aromatic rings. The summed E-state index contributed by atoms with van der Waals surface area (Å²) in [6, 6.07) is 8.20. The van der Waals surface area contributed by atoms with Crippen LogP contribution in [0.15, 0.2) is 24.3 Å². The summed E-state index contributed by atoms with van der Waals surface area (Å²) in [6.45, 7) is 4.17. The van der Waals surface area contributed by atoms with Gasteiger partial charge in [0.05, 0.1) is 5.60 Å². The summed E-state index contributed by atoms with van der Waals surface area (Å²) < 4.78 is 1.21. The highest BCUT2D eigenvalue weighted by atomic mass is 127. The largest absolute Gasteiger partial charge is 0.385 e. The van der Waals surface area contributed by atoms with E-state index in [4.69, 9.17) is 0 Å². The quantitative estimate of drug-likeness (QED) is 0.496. The zero-order valence-electron chi connectivity index (χ0n) is 11.6. The first-order valence-corrected chi connectivity index (χ1v) is 8.12. The molecule has 1 nitrogen and oxygen atoms in total. The zero-order valence-corrected chi connectivity index (χ0v) is 13.7. The summed E-state index contributed by atoms with van der Waals surface area (Å²) in [4.78, 5) is 0. The molecule has 2 heteroatoms. The summed E-state index contributed by atoms with van der Waals surface area (Å²) >= 11 is 2.29. The Hall–Kier alpha value is -0.0900. The lowest BCUT2D eigenvalue weighted by Crippen LogP contribution is -2.20. The van der Waals surface area contributed by atoms with E-state index in [0.29, 0.717) is 0 Å². The maximum absolute atomic E-state index is 10.5. The molecule has 0 aliphatic carbocycles. The molecule has 0 aromatic heterocycles. The van der Waals surface area contributed by atoms with E-state index >= 15 is 0 Å². The van der Waals surface area contributed by atoms with Gasteiger partial charge in [0.1, 0.15) is 0 Å². The molecule has 1 rings (SSSR count). The van der Waals surface area contributed by atoms with Crippen molar-refractivity contribution >= 4 is 22.6 Å². The molecule has 0 spiro atoms. The average Bonchev–Trinajstić information content (AvgIpc) is 2.34. The molecule has 0 bridgehead atoms. The minimum absolute atomic E-state index is 0.672. The van der Waals surface area contributed by atoms with Crippen LogP contribution in [0.3, 0.4) is 0 Å². The Bertz CT molecular complexity index is 329. The molecule has 0 fully saturated rings. The second-order valence-corrected chi connectivity index (χ2v) is 6.54. The third kappa shape index (κ3) is 5.70. The smallest absolute Gasteiger partial charge is 0.0868 e. The van der Waals surface area contributed by atoms with Crippen LogP contribution in [-0.4, -0.2) is 5.11 Å². The van der Waals surface area contributed by atoms with Crippen LogP contribution in [0.4, 0.5) is 0 Å². The van der Waals surface area contributed by atoms with Gasteiger partial charge in [-0.1, -0.05) is 57.6 Å². The maximum atomic E-state index is 10.5. The second-order valence-electron chi connectivity index (χ2n) is 5.30. The van der Waals surface area contributed by atoms with Crippen molar-refractivity contribution in [3.63, 3.8) is 0 Å².